The SMILES string of the molecule is Cc1c(O)n(-c2cc(Br)ccc2F)c(=O)[nH]c1=O. The molecule has 0 atom stereocenters. The van der Waals surface area contributed by atoms with Crippen molar-refractivity contribution < 1.29 is 9.50 Å². The Morgan fingerprint density at radius 3 is 2.72 bits per heavy atom. The second kappa shape index (κ2) is 4.41. The molecule has 0 saturated heterocycles. The van der Waals surface area contributed by atoms with Crippen molar-refractivity contribution in [1.82, 2.24) is 9.55 Å². The largest absolute Gasteiger partial charge is 0.494 e. The number of rotatable bonds is 1. The number of halogens is 2. The van der Waals surface area contributed by atoms with Crippen molar-refractivity contribution in [2.45, 2.75) is 6.92 Å². The van der Waals surface area contributed by atoms with Crippen LogP contribution in [0.4, 0.5) is 4.39 Å². The Morgan fingerprint density at radius 1 is 1.39 bits per heavy atom. The summed E-state index contributed by atoms with van der Waals surface area (Å²) in [6, 6.07) is 3.93. The first-order valence-corrected chi connectivity index (χ1v) is 5.71. The van der Waals surface area contributed by atoms with Crippen LogP contribution in [-0.4, -0.2) is 14.7 Å². The average Bonchev–Trinajstić information content (AvgIpc) is 2.31. The molecule has 0 saturated carbocycles. The lowest BCUT2D eigenvalue weighted by Gasteiger charge is -2.10. The van der Waals surface area contributed by atoms with Crippen LogP contribution >= 0.6 is 15.9 Å². The molecule has 0 bridgehead atoms. The number of aromatic hydroxyl groups is 1. The maximum absolute atomic E-state index is 13.7. The Labute approximate surface area is 109 Å². The molecular weight excluding hydrogens is 307 g/mol. The van der Waals surface area contributed by atoms with Gasteiger partial charge >= 0.3 is 5.69 Å². The minimum absolute atomic E-state index is 0.0611. The quantitative estimate of drug-likeness (QED) is 0.836. The zero-order valence-corrected chi connectivity index (χ0v) is 10.8. The van der Waals surface area contributed by atoms with E-state index in [1.54, 1.807) is 0 Å². The Bertz CT molecular complexity index is 736. The zero-order chi connectivity index (χ0) is 13.4. The van der Waals surface area contributed by atoms with Gasteiger partial charge in [-0.05, 0) is 25.1 Å². The minimum Gasteiger partial charge on any atom is -0.494 e. The summed E-state index contributed by atoms with van der Waals surface area (Å²) in [5, 5.41) is 9.79. The van der Waals surface area contributed by atoms with Crippen molar-refractivity contribution in [3.8, 4) is 11.6 Å². The smallest absolute Gasteiger partial charge is 0.335 e. The summed E-state index contributed by atoms with van der Waals surface area (Å²) in [6.07, 6.45) is 0. The lowest BCUT2D eigenvalue weighted by Crippen LogP contribution is -2.30. The van der Waals surface area contributed by atoms with Gasteiger partial charge in [-0.3, -0.25) is 9.78 Å². The number of aromatic nitrogens is 2. The van der Waals surface area contributed by atoms with Crippen LogP contribution in [0.25, 0.3) is 5.69 Å². The molecule has 94 valence electrons. The first-order valence-electron chi connectivity index (χ1n) is 4.92. The fourth-order valence-corrected chi connectivity index (χ4v) is 1.84. The van der Waals surface area contributed by atoms with Gasteiger partial charge in [0.25, 0.3) is 5.56 Å². The molecule has 0 aliphatic heterocycles. The molecule has 1 heterocycles. The van der Waals surface area contributed by atoms with Gasteiger partial charge in [0.05, 0.1) is 11.3 Å². The van der Waals surface area contributed by atoms with E-state index < -0.39 is 22.9 Å². The number of nitrogens with zero attached hydrogens (tertiary/aromatic N) is 1. The van der Waals surface area contributed by atoms with E-state index in [-0.39, 0.29) is 11.3 Å². The van der Waals surface area contributed by atoms with Crippen LogP contribution in [0.15, 0.2) is 32.3 Å². The average molecular weight is 315 g/mol. The van der Waals surface area contributed by atoms with Crippen LogP contribution in [0.2, 0.25) is 0 Å². The Hall–Kier alpha value is -1.89. The maximum atomic E-state index is 13.7. The molecule has 0 fully saturated rings. The van der Waals surface area contributed by atoms with Gasteiger partial charge in [0.2, 0.25) is 5.88 Å². The van der Waals surface area contributed by atoms with E-state index in [9.17, 15) is 19.1 Å². The third kappa shape index (κ3) is 1.97. The number of H-pyrrole nitrogens is 1. The van der Waals surface area contributed by atoms with Gasteiger partial charge in [-0.1, -0.05) is 15.9 Å². The highest BCUT2D eigenvalue weighted by Crippen LogP contribution is 2.22. The molecule has 1 aromatic carbocycles. The molecule has 18 heavy (non-hydrogen) atoms. The monoisotopic (exact) mass is 314 g/mol. The van der Waals surface area contributed by atoms with Crippen molar-refractivity contribution in [2.24, 2.45) is 0 Å². The van der Waals surface area contributed by atoms with Crippen molar-refractivity contribution in [3.63, 3.8) is 0 Å². The van der Waals surface area contributed by atoms with E-state index in [1.165, 1.54) is 19.1 Å². The van der Waals surface area contributed by atoms with Gasteiger partial charge in [0.15, 0.2) is 0 Å². The van der Waals surface area contributed by atoms with Crippen molar-refractivity contribution in [2.75, 3.05) is 0 Å². The summed E-state index contributed by atoms with van der Waals surface area (Å²) >= 11 is 3.14. The summed E-state index contributed by atoms with van der Waals surface area (Å²) in [7, 11) is 0. The summed E-state index contributed by atoms with van der Waals surface area (Å²) in [5.74, 6) is -1.28. The molecule has 0 aliphatic rings. The summed E-state index contributed by atoms with van der Waals surface area (Å²) < 4.78 is 14.9. The fourth-order valence-electron chi connectivity index (χ4n) is 1.49. The third-order valence-electron chi connectivity index (χ3n) is 2.46. The van der Waals surface area contributed by atoms with Gasteiger partial charge in [-0.25, -0.2) is 13.8 Å². The standard InChI is InChI=1S/C11H8BrFN2O3/c1-5-9(16)14-11(18)15(10(5)17)8-4-6(12)2-3-7(8)13/h2-4,17H,1H3,(H,14,16,18). The molecule has 5 nitrogen and oxygen atoms in total. The normalized spacial score (nSPS) is 10.6. The maximum Gasteiger partial charge on any atom is 0.335 e. The highest BCUT2D eigenvalue weighted by molar-refractivity contribution is 9.10. The van der Waals surface area contributed by atoms with Crippen LogP contribution in [0.3, 0.4) is 0 Å². The van der Waals surface area contributed by atoms with Gasteiger partial charge in [0.1, 0.15) is 5.82 Å². The van der Waals surface area contributed by atoms with Gasteiger partial charge < -0.3 is 5.11 Å². The highest BCUT2D eigenvalue weighted by Gasteiger charge is 2.15. The molecule has 0 amide bonds. The Kier molecular flexibility index (Phi) is 3.08. The van der Waals surface area contributed by atoms with E-state index >= 15 is 0 Å². The van der Waals surface area contributed by atoms with Crippen molar-refractivity contribution in [1.29, 1.82) is 0 Å². The minimum atomic E-state index is -0.903. The number of nitrogens with one attached hydrogen (secondary N) is 1. The van der Waals surface area contributed by atoms with E-state index in [4.69, 9.17) is 0 Å². The van der Waals surface area contributed by atoms with E-state index in [0.29, 0.717) is 9.04 Å². The molecule has 7 heteroatoms. The van der Waals surface area contributed by atoms with Crippen molar-refractivity contribution >= 4 is 15.9 Å². The Morgan fingerprint density at radius 2 is 2.06 bits per heavy atom. The van der Waals surface area contributed by atoms with Crippen LogP contribution in [0.5, 0.6) is 5.88 Å². The van der Waals surface area contributed by atoms with E-state index in [2.05, 4.69) is 15.9 Å². The zero-order valence-electron chi connectivity index (χ0n) is 9.20. The predicted octanol–water partition coefficient (Wildman–Crippen LogP) is 1.44. The molecule has 0 aliphatic carbocycles. The topological polar surface area (TPSA) is 75.1 Å². The van der Waals surface area contributed by atoms with Crippen LogP contribution < -0.4 is 11.2 Å². The van der Waals surface area contributed by atoms with Gasteiger partial charge in [0, 0.05) is 4.47 Å². The summed E-state index contributed by atoms with van der Waals surface area (Å²) in [4.78, 5) is 24.9. The number of benzene rings is 1. The first kappa shape index (κ1) is 12.6. The molecule has 0 radical (unpaired) electrons. The third-order valence-corrected chi connectivity index (χ3v) is 2.95. The van der Waals surface area contributed by atoms with Gasteiger partial charge in [-0.2, -0.15) is 0 Å². The molecule has 0 spiro atoms. The van der Waals surface area contributed by atoms with Gasteiger partial charge in [-0.15, -0.1) is 0 Å². The van der Waals surface area contributed by atoms with E-state index in [1.807, 2.05) is 4.98 Å². The molecule has 2 rings (SSSR count). The molecule has 2 aromatic rings. The number of hydrogen-bond donors (Lipinski definition) is 2. The molecule has 2 N–H and O–H groups in total. The molecule has 1 aromatic heterocycles. The van der Waals surface area contributed by atoms with Crippen molar-refractivity contribution in [3.05, 3.63) is 54.9 Å². The summed E-state index contributed by atoms with van der Waals surface area (Å²) in [5.41, 5.74) is -1.82. The fraction of sp³-hybridized carbons (Fsp3) is 0.0909. The number of aromatic amines is 1. The number of hydrogen-bond acceptors (Lipinski definition) is 3. The second-order valence-electron chi connectivity index (χ2n) is 3.64. The summed E-state index contributed by atoms with van der Waals surface area (Å²) in [6.45, 7) is 1.33. The second-order valence-corrected chi connectivity index (χ2v) is 4.55. The predicted molar refractivity (Wildman–Crippen MR) is 66.7 cm³/mol. The highest BCUT2D eigenvalue weighted by atomic mass is 79.9. The lowest BCUT2D eigenvalue weighted by atomic mass is 10.3. The van der Waals surface area contributed by atoms with Crippen LogP contribution in [0.1, 0.15) is 5.56 Å². The molecule has 0 unspecified atom stereocenters. The van der Waals surface area contributed by atoms with E-state index in [0.717, 1.165) is 6.07 Å². The molecular formula is C11H8BrFN2O3. The lowest BCUT2D eigenvalue weighted by molar-refractivity contribution is 0.423. The van der Waals surface area contributed by atoms with Crippen LogP contribution in [0, 0.1) is 12.7 Å². The first-order chi connectivity index (χ1) is 8.41. The Balaban J connectivity index is 2.88. The van der Waals surface area contributed by atoms with Crippen LogP contribution in [-0.2, 0) is 0 Å².